The van der Waals surface area contributed by atoms with Crippen molar-refractivity contribution in [2.24, 2.45) is 0 Å². The molecular weight excluding hydrogens is 261 g/mol. The molecule has 0 amide bonds. The summed E-state index contributed by atoms with van der Waals surface area (Å²) in [6.45, 7) is 2.05. The van der Waals surface area contributed by atoms with Crippen LogP contribution in [0.25, 0.3) is 0 Å². The van der Waals surface area contributed by atoms with E-state index in [4.69, 9.17) is 11.6 Å². The van der Waals surface area contributed by atoms with Crippen molar-refractivity contribution in [1.29, 1.82) is 0 Å². The lowest BCUT2D eigenvalue weighted by Gasteiger charge is -2.19. The molecule has 2 rings (SSSR count). The zero-order valence-electron chi connectivity index (χ0n) is 11.1. The van der Waals surface area contributed by atoms with Gasteiger partial charge in [0.1, 0.15) is 5.82 Å². The third-order valence-corrected chi connectivity index (χ3v) is 3.55. The van der Waals surface area contributed by atoms with E-state index in [1.54, 1.807) is 12.1 Å². The second-order valence-electron chi connectivity index (χ2n) is 4.67. The fraction of sp³-hybridized carbons (Fsp3) is 0.250. The van der Waals surface area contributed by atoms with Crippen molar-refractivity contribution in [3.05, 3.63) is 70.0 Å². The highest BCUT2D eigenvalue weighted by atomic mass is 35.5. The van der Waals surface area contributed by atoms with E-state index in [0.717, 1.165) is 0 Å². The molecule has 0 bridgehead atoms. The maximum Gasteiger partial charge on any atom is 0.129 e. The topological polar surface area (TPSA) is 12.0 Å². The minimum absolute atomic E-state index is 0.129. The first-order chi connectivity index (χ1) is 9.11. The van der Waals surface area contributed by atoms with E-state index in [1.807, 2.05) is 32.2 Å². The average molecular weight is 278 g/mol. The van der Waals surface area contributed by atoms with E-state index in [-0.39, 0.29) is 11.9 Å². The third kappa shape index (κ3) is 3.34. The van der Waals surface area contributed by atoms with Crippen molar-refractivity contribution in [3.8, 4) is 0 Å². The first-order valence-electron chi connectivity index (χ1n) is 6.28. The molecule has 0 aromatic heterocycles. The van der Waals surface area contributed by atoms with E-state index in [1.165, 1.54) is 17.2 Å². The molecule has 0 radical (unpaired) electrons. The monoisotopic (exact) mass is 277 g/mol. The van der Waals surface area contributed by atoms with Crippen molar-refractivity contribution in [1.82, 2.24) is 5.32 Å². The second-order valence-corrected chi connectivity index (χ2v) is 5.08. The highest BCUT2D eigenvalue weighted by Gasteiger charge is 2.17. The van der Waals surface area contributed by atoms with Gasteiger partial charge in [-0.2, -0.15) is 0 Å². The quantitative estimate of drug-likeness (QED) is 0.879. The minimum Gasteiger partial charge on any atom is -0.313 e. The predicted octanol–water partition coefficient (Wildman–Crippen LogP) is 4.29. The summed E-state index contributed by atoms with van der Waals surface area (Å²) in [5, 5.41) is 3.61. The number of halogens is 2. The Morgan fingerprint density at radius 2 is 1.95 bits per heavy atom. The third-order valence-electron chi connectivity index (χ3n) is 3.22. The Balaban J connectivity index is 2.30. The number of hydrogen-bond donors (Lipinski definition) is 1. The average Bonchev–Trinajstić information content (AvgIpc) is 2.37. The van der Waals surface area contributed by atoms with Crippen molar-refractivity contribution in [2.75, 3.05) is 7.05 Å². The Hall–Kier alpha value is -1.38. The van der Waals surface area contributed by atoms with Crippen LogP contribution in [0.15, 0.2) is 42.5 Å². The van der Waals surface area contributed by atoms with Gasteiger partial charge >= 0.3 is 0 Å². The molecule has 0 spiro atoms. The van der Waals surface area contributed by atoms with E-state index in [9.17, 15) is 4.39 Å². The molecule has 2 aromatic rings. The van der Waals surface area contributed by atoms with Crippen LogP contribution in [-0.4, -0.2) is 7.05 Å². The molecule has 1 N–H and O–H groups in total. The SMILES string of the molecule is CNC(Cc1cccc(C)c1)c1c(F)cccc1Cl. The van der Waals surface area contributed by atoms with Gasteiger partial charge in [-0.25, -0.2) is 4.39 Å². The zero-order chi connectivity index (χ0) is 13.8. The van der Waals surface area contributed by atoms with Gasteiger partial charge in [0.2, 0.25) is 0 Å². The van der Waals surface area contributed by atoms with Crippen molar-refractivity contribution >= 4 is 11.6 Å². The Morgan fingerprint density at radius 1 is 1.21 bits per heavy atom. The maximum atomic E-state index is 13.9. The van der Waals surface area contributed by atoms with Crippen molar-refractivity contribution in [2.45, 2.75) is 19.4 Å². The molecule has 2 aromatic carbocycles. The molecule has 0 aliphatic heterocycles. The van der Waals surface area contributed by atoms with Gasteiger partial charge in [0, 0.05) is 16.6 Å². The van der Waals surface area contributed by atoms with Crippen LogP contribution in [0.4, 0.5) is 4.39 Å². The smallest absolute Gasteiger partial charge is 0.129 e. The van der Waals surface area contributed by atoms with Crippen LogP contribution in [0, 0.1) is 12.7 Å². The summed E-state index contributed by atoms with van der Waals surface area (Å²) in [5.74, 6) is -0.264. The molecule has 0 fully saturated rings. The van der Waals surface area contributed by atoms with Crippen LogP contribution in [0.1, 0.15) is 22.7 Å². The largest absolute Gasteiger partial charge is 0.313 e. The Morgan fingerprint density at radius 3 is 2.58 bits per heavy atom. The van der Waals surface area contributed by atoms with Gasteiger partial charge in [-0.3, -0.25) is 0 Å². The number of nitrogens with one attached hydrogen (secondary N) is 1. The molecule has 19 heavy (non-hydrogen) atoms. The first kappa shape index (κ1) is 14.0. The van der Waals surface area contributed by atoms with Gasteiger partial charge in [0.15, 0.2) is 0 Å². The van der Waals surface area contributed by atoms with E-state index < -0.39 is 0 Å². The zero-order valence-corrected chi connectivity index (χ0v) is 11.8. The number of likely N-dealkylation sites (N-methyl/N-ethyl adjacent to an activating group) is 1. The first-order valence-corrected chi connectivity index (χ1v) is 6.66. The van der Waals surface area contributed by atoms with Gasteiger partial charge in [-0.15, -0.1) is 0 Å². The normalized spacial score (nSPS) is 12.4. The minimum atomic E-state index is -0.264. The fourth-order valence-corrected chi connectivity index (χ4v) is 2.56. The van der Waals surface area contributed by atoms with E-state index >= 15 is 0 Å². The van der Waals surface area contributed by atoms with Crippen LogP contribution < -0.4 is 5.32 Å². The molecule has 100 valence electrons. The van der Waals surface area contributed by atoms with Crippen LogP contribution in [-0.2, 0) is 6.42 Å². The number of hydrogen-bond acceptors (Lipinski definition) is 1. The summed E-state index contributed by atoms with van der Waals surface area (Å²) in [6.07, 6.45) is 0.707. The van der Waals surface area contributed by atoms with E-state index in [0.29, 0.717) is 17.0 Å². The summed E-state index contributed by atoms with van der Waals surface area (Å²) in [5.41, 5.74) is 2.90. The fourth-order valence-electron chi connectivity index (χ4n) is 2.27. The predicted molar refractivity (Wildman–Crippen MR) is 78.1 cm³/mol. The lowest BCUT2D eigenvalue weighted by molar-refractivity contribution is 0.534. The molecule has 0 heterocycles. The maximum absolute atomic E-state index is 13.9. The molecule has 1 unspecified atom stereocenters. The van der Waals surface area contributed by atoms with Crippen LogP contribution in [0.3, 0.4) is 0 Å². The summed E-state index contributed by atoms with van der Waals surface area (Å²) >= 11 is 6.12. The summed E-state index contributed by atoms with van der Waals surface area (Å²) in [4.78, 5) is 0. The number of rotatable bonds is 4. The Labute approximate surface area is 118 Å². The van der Waals surface area contributed by atoms with Crippen molar-refractivity contribution in [3.63, 3.8) is 0 Å². The molecule has 0 aliphatic carbocycles. The van der Waals surface area contributed by atoms with Gasteiger partial charge < -0.3 is 5.32 Å². The lowest BCUT2D eigenvalue weighted by Crippen LogP contribution is -2.20. The van der Waals surface area contributed by atoms with Gasteiger partial charge in [0.25, 0.3) is 0 Å². The standard InChI is InChI=1S/C16H17ClFN/c1-11-5-3-6-12(9-11)10-15(19-2)16-13(17)7-4-8-14(16)18/h3-9,15,19H,10H2,1-2H3. The van der Waals surface area contributed by atoms with Crippen LogP contribution in [0.5, 0.6) is 0 Å². The molecule has 0 aliphatic rings. The Kier molecular flexibility index (Phi) is 4.56. The van der Waals surface area contributed by atoms with Crippen LogP contribution in [0.2, 0.25) is 5.02 Å². The summed E-state index contributed by atoms with van der Waals surface area (Å²) < 4.78 is 13.9. The van der Waals surface area contributed by atoms with E-state index in [2.05, 4.69) is 11.4 Å². The summed E-state index contributed by atoms with van der Waals surface area (Å²) in [6, 6.07) is 12.9. The molecule has 1 nitrogen and oxygen atoms in total. The molecule has 1 atom stereocenters. The van der Waals surface area contributed by atoms with Crippen LogP contribution >= 0.6 is 11.6 Å². The van der Waals surface area contributed by atoms with Gasteiger partial charge in [-0.05, 0) is 38.1 Å². The highest BCUT2D eigenvalue weighted by Crippen LogP contribution is 2.28. The lowest BCUT2D eigenvalue weighted by atomic mass is 9.97. The molecular formula is C16H17ClFN. The molecule has 3 heteroatoms. The Bertz CT molecular complexity index is 548. The van der Waals surface area contributed by atoms with Crippen molar-refractivity contribution < 1.29 is 4.39 Å². The number of benzene rings is 2. The van der Waals surface area contributed by atoms with Gasteiger partial charge in [-0.1, -0.05) is 47.5 Å². The molecule has 0 saturated heterocycles. The second kappa shape index (κ2) is 6.18. The van der Waals surface area contributed by atoms with Gasteiger partial charge in [0.05, 0.1) is 0 Å². The highest BCUT2D eigenvalue weighted by molar-refractivity contribution is 6.31. The number of aryl methyl sites for hydroxylation is 1. The molecule has 0 saturated carbocycles. The summed E-state index contributed by atoms with van der Waals surface area (Å²) in [7, 11) is 1.82.